The SMILES string of the molecule is CC1=CC=C(n2ncc3c(NCC(C)NS(=O)(=O)c4ccccc4)cccc32)CC=C1. The molecular weight excluding hydrogens is 408 g/mol. The highest BCUT2D eigenvalue weighted by Gasteiger charge is 2.17. The molecule has 0 saturated carbocycles. The van der Waals surface area contributed by atoms with Crippen molar-refractivity contribution in [3.63, 3.8) is 0 Å². The van der Waals surface area contributed by atoms with Crippen molar-refractivity contribution in [1.82, 2.24) is 14.5 Å². The van der Waals surface area contributed by atoms with Crippen LogP contribution in [0.1, 0.15) is 20.3 Å². The van der Waals surface area contributed by atoms with E-state index in [9.17, 15) is 8.42 Å². The molecular formula is C24H26N4O2S. The number of rotatable bonds is 7. The van der Waals surface area contributed by atoms with Crippen LogP contribution in [0, 0.1) is 0 Å². The van der Waals surface area contributed by atoms with Gasteiger partial charge in [-0.15, -0.1) is 0 Å². The van der Waals surface area contributed by atoms with E-state index in [1.165, 1.54) is 5.57 Å². The largest absolute Gasteiger partial charge is 0.383 e. The van der Waals surface area contributed by atoms with Gasteiger partial charge in [0.2, 0.25) is 10.0 Å². The van der Waals surface area contributed by atoms with Crippen molar-refractivity contribution in [2.24, 2.45) is 0 Å². The summed E-state index contributed by atoms with van der Waals surface area (Å²) < 4.78 is 29.7. The zero-order chi connectivity index (χ0) is 21.8. The predicted molar refractivity (Wildman–Crippen MR) is 126 cm³/mol. The molecule has 6 nitrogen and oxygen atoms in total. The minimum atomic E-state index is -3.55. The van der Waals surface area contributed by atoms with Gasteiger partial charge in [0.25, 0.3) is 0 Å². The van der Waals surface area contributed by atoms with Gasteiger partial charge >= 0.3 is 0 Å². The summed E-state index contributed by atoms with van der Waals surface area (Å²) in [5.41, 5.74) is 4.24. The Bertz CT molecular complexity index is 1270. The second-order valence-electron chi connectivity index (χ2n) is 7.69. The van der Waals surface area contributed by atoms with E-state index < -0.39 is 10.0 Å². The van der Waals surface area contributed by atoms with Gasteiger partial charge in [-0.1, -0.05) is 48.1 Å². The summed E-state index contributed by atoms with van der Waals surface area (Å²) in [7, 11) is -3.55. The van der Waals surface area contributed by atoms with Crippen molar-refractivity contribution < 1.29 is 8.42 Å². The average Bonchev–Trinajstić information content (AvgIpc) is 3.08. The lowest BCUT2D eigenvalue weighted by Gasteiger charge is -2.16. The molecule has 2 aromatic carbocycles. The first-order valence-corrected chi connectivity index (χ1v) is 11.7. The summed E-state index contributed by atoms with van der Waals surface area (Å²) >= 11 is 0. The second-order valence-corrected chi connectivity index (χ2v) is 9.40. The van der Waals surface area contributed by atoms with Crippen molar-refractivity contribution >= 4 is 32.3 Å². The molecule has 0 saturated heterocycles. The van der Waals surface area contributed by atoms with E-state index in [0.717, 1.165) is 28.7 Å². The van der Waals surface area contributed by atoms with Crippen molar-refractivity contribution in [1.29, 1.82) is 0 Å². The summed E-state index contributed by atoms with van der Waals surface area (Å²) in [6.07, 6.45) is 11.1. The standard InChI is InChI=1S/C24H26N4O2S/c1-18-8-6-9-20(15-14-18)28-24-13-7-12-23(22(24)17-26-28)25-16-19(2)27-31(29,30)21-10-4-3-5-11-21/h3-8,10-15,17,19,25,27H,9,16H2,1-2H3. The fraction of sp³-hybridized carbons (Fsp3) is 0.208. The molecule has 0 aliphatic heterocycles. The van der Waals surface area contributed by atoms with Gasteiger partial charge in [-0.05, 0) is 44.2 Å². The van der Waals surface area contributed by atoms with E-state index in [1.54, 1.807) is 30.3 Å². The number of nitrogens with zero attached hydrogens (tertiary/aromatic N) is 2. The lowest BCUT2D eigenvalue weighted by molar-refractivity contribution is 0.566. The maximum Gasteiger partial charge on any atom is 0.240 e. The van der Waals surface area contributed by atoms with Gasteiger partial charge in [-0.3, -0.25) is 0 Å². The van der Waals surface area contributed by atoms with E-state index in [-0.39, 0.29) is 10.9 Å². The van der Waals surface area contributed by atoms with Crippen LogP contribution in [0.15, 0.2) is 89.5 Å². The van der Waals surface area contributed by atoms with Crippen LogP contribution >= 0.6 is 0 Å². The molecule has 0 radical (unpaired) electrons. The van der Waals surface area contributed by atoms with E-state index in [1.807, 2.05) is 36.0 Å². The van der Waals surface area contributed by atoms with Crippen LogP contribution < -0.4 is 10.0 Å². The Morgan fingerprint density at radius 2 is 1.90 bits per heavy atom. The predicted octanol–water partition coefficient (Wildman–Crippen LogP) is 4.56. The van der Waals surface area contributed by atoms with E-state index in [0.29, 0.717) is 6.54 Å². The quantitative estimate of drug-likeness (QED) is 0.571. The van der Waals surface area contributed by atoms with E-state index >= 15 is 0 Å². The lowest BCUT2D eigenvalue weighted by Crippen LogP contribution is -2.37. The summed E-state index contributed by atoms with van der Waals surface area (Å²) in [5, 5.41) is 8.97. The Morgan fingerprint density at radius 3 is 2.71 bits per heavy atom. The molecule has 31 heavy (non-hydrogen) atoms. The smallest absolute Gasteiger partial charge is 0.240 e. The molecule has 0 amide bonds. The van der Waals surface area contributed by atoms with Gasteiger partial charge in [-0.25, -0.2) is 17.8 Å². The maximum absolute atomic E-state index is 12.5. The average molecular weight is 435 g/mol. The topological polar surface area (TPSA) is 76.0 Å². The van der Waals surface area contributed by atoms with Gasteiger partial charge in [0.05, 0.1) is 16.6 Å². The van der Waals surface area contributed by atoms with Gasteiger partial charge in [0.15, 0.2) is 0 Å². The fourth-order valence-corrected chi connectivity index (χ4v) is 4.81. The molecule has 160 valence electrons. The summed E-state index contributed by atoms with van der Waals surface area (Å²) in [5.74, 6) is 0. The molecule has 0 spiro atoms. The molecule has 0 bridgehead atoms. The molecule has 2 N–H and O–H groups in total. The minimum Gasteiger partial charge on any atom is -0.383 e. The van der Waals surface area contributed by atoms with Crippen molar-refractivity contribution in [2.75, 3.05) is 11.9 Å². The third-order valence-corrected chi connectivity index (χ3v) is 6.75. The zero-order valence-electron chi connectivity index (χ0n) is 17.6. The summed E-state index contributed by atoms with van der Waals surface area (Å²) in [6.45, 7) is 4.37. The number of sulfonamides is 1. The van der Waals surface area contributed by atoms with Crippen LogP contribution in [-0.4, -0.2) is 30.8 Å². The summed E-state index contributed by atoms with van der Waals surface area (Å²) in [4.78, 5) is 0.264. The second kappa shape index (κ2) is 8.91. The van der Waals surface area contributed by atoms with Gasteiger partial charge in [0, 0.05) is 35.8 Å². The van der Waals surface area contributed by atoms with Crippen LogP contribution in [0.5, 0.6) is 0 Å². The highest BCUT2D eigenvalue weighted by atomic mass is 32.2. The van der Waals surface area contributed by atoms with Crippen LogP contribution in [0.2, 0.25) is 0 Å². The first-order valence-electron chi connectivity index (χ1n) is 10.3. The lowest BCUT2D eigenvalue weighted by atomic mass is 10.2. The van der Waals surface area contributed by atoms with Crippen LogP contribution in [0.3, 0.4) is 0 Å². The van der Waals surface area contributed by atoms with Crippen molar-refractivity contribution in [3.8, 4) is 0 Å². The van der Waals surface area contributed by atoms with Crippen LogP contribution in [-0.2, 0) is 10.0 Å². The molecule has 1 aliphatic rings. The molecule has 1 heterocycles. The normalized spacial score (nSPS) is 15.3. The van der Waals surface area contributed by atoms with Crippen LogP contribution in [0.4, 0.5) is 5.69 Å². The molecule has 1 unspecified atom stereocenters. The number of nitrogens with one attached hydrogen (secondary N) is 2. The summed E-state index contributed by atoms with van der Waals surface area (Å²) in [6, 6.07) is 14.1. The molecule has 4 rings (SSSR count). The first kappa shape index (κ1) is 21.1. The first-order chi connectivity index (χ1) is 14.9. The highest BCUT2D eigenvalue weighted by molar-refractivity contribution is 7.89. The third kappa shape index (κ3) is 4.78. The van der Waals surface area contributed by atoms with Gasteiger partial charge < -0.3 is 5.32 Å². The number of hydrogen-bond acceptors (Lipinski definition) is 4. The van der Waals surface area contributed by atoms with Crippen molar-refractivity contribution in [3.05, 3.63) is 84.6 Å². The third-order valence-electron chi connectivity index (χ3n) is 5.14. The molecule has 7 heteroatoms. The molecule has 1 aliphatic carbocycles. The number of aromatic nitrogens is 2. The number of benzene rings is 2. The van der Waals surface area contributed by atoms with Crippen LogP contribution in [0.25, 0.3) is 16.6 Å². The Balaban J connectivity index is 1.50. The molecule has 1 aromatic heterocycles. The Morgan fingerprint density at radius 1 is 1.10 bits per heavy atom. The number of fused-ring (bicyclic) bond motifs is 1. The van der Waals surface area contributed by atoms with E-state index in [4.69, 9.17) is 0 Å². The molecule has 1 atom stereocenters. The molecule has 3 aromatic rings. The van der Waals surface area contributed by atoms with Crippen molar-refractivity contribution in [2.45, 2.75) is 31.2 Å². The fourth-order valence-electron chi connectivity index (χ4n) is 3.55. The van der Waals surface area contributed by atoms with E-state index in [2.05, 4.69) is 46.4 Å². The highest BCUT2D eigenvalue weighted by Crippen LogP contribution is 2.27. The monoisotopic (exact) mass is 434 g/mol. The molecule has 0 fully saturated rings. The maximum atomic E-state index is 12.5. The minimum absolute atomic E-state index is 0.264. The Hall–Kier alpha value is -3.16. The number of allylic oxidation sites excluding steroid dienone is 6. The Kier molecular flexibility index (Phi) is 6.06. The zero-order valence-corrected chi connectivity index (χ0v) is 18.4. The van der Waals surface area contributed by atoms with Gasteiger partial charge in [0.1, 0.15) is 0 Å². The van der Waals surface area contributed by atoms with Gasteiger partial charge in [-0.2, -0.15) is 5.10 Å². The Labute approximate surface area is 183 Å². The number of hydrogen-bond donors (Lipinski definition) is 2. The number of anilines is 1.